The van der Waals surface area contributed by atoms with Gasteiger partial charge in [0.25, 0.3) is 0 Å². The molecule has 0 aliphatic heterocycles. The Hall–Kier alpha value is -1.26. The molecule has 0 spiro atoms. The second kappa shape index (κ2) is 6.78. The van der Waals surface area contributed by atoms with Gasteiger partial charge in [-0.05, 0) is 28.1 Å². The molecule has 100 valence electrons. The molecule has 0 saturated heterocycles. The van der Waals surface area contributed by atoms with E-state index < -0.39 is 0 Å². The number of rotatable bonds is 5. The first-order chi connectivity index (χ1) is 9.24. The lowest BCUT2D eigenvalue weighted by atomic mass is 10.2. The lowest BCUT2D eigenvalue weighted by molar-refractivity contribution is 0.294. The molecule has 0 bridgehead atoms. The van der Waals surface area contributed by atoms with Crippen LogP contribution in [0.4, 0.5) is 0 Å². The summed E-state index contributed by atoms with van der Waals surface area (Å²) in [4.78, 5) is 4.30. The predicted octanol–water partition coefficient (Wildman–Crippen LogP) is 4.17. The fourth-order valence-electron chi connectivity index (χ4n) is 1.62. The Morgan fingerprint density at radius 2 is 2.00 bits per heavy atom. The molecule has 0 aliphatic carbocycles. The van der Waals surface area contributed by atoms with Gasteiger partial charge in [0.05, 0.1) is 23.2 Å². The Morgan fingerprint density at radius 1 is 1.21 bits per heavy atom. The Balaban J connectivity index is 2.14. The SMILES string of the molecule is COc1cccc(COc2c(Br)cccc2CCl)n1. The van der Waals surface area contributed by atoms with Gasteiger partial charge < -0.3 is 9.47 Å². The first-order valence-electron chi connectivity index (χ1n) is 5.70. The van der Waals surface area contributed by atoms with Gasteiger partial charge in [0.2, 0.25) is 5.88 Å². The first-order valence-corrected chi connectivity index (χ1v) is 7.03. The Labute approximate surface area is 125 Å². The number of aromatic nitrogens is 1. The fraction of sp³-hybridized carbons (Fsp3) is 0.214. The monoisotopic (exact) mass is 341 g/mol. The largest absolute Gasteiger partial charge is 0.486 e. The van der Waals surface area contributed by atoms with Gasteiger partial charge in [-0.2, -0.15) is 0 Å². The zero-order valence-corrected chi connectivity index (χ0v) is 12.7. The zero-order valence-electron chi connectivity index (χ0n) is 10.4. The summed E-state index contributed by atoms with van der Waals surface area (Å²) in [6, 6.07) is 11.4. The molecule has 0 aliphatic rings. The van der Waals surface area contributed by atoms with E-state index >= 15 is 0 Å². The average molecular weight is 343 g/mol. The van der Waals surface area contributed by atoms with Gasteiger partial charge in [-0.3, -0.25) is 0 Å². The Morgan fingerprint density at radius 3 is 2.74 bits per heavy atom. The number of nitrogens with zero attached hydrogens (tertiary/aromatic N) is 1. The van der Waals surface area contributed by atoms with Gasteiger partial charge in [0.15, 0.2) is 0 Å². The molecule has 1 aromatic carbocycles. The molecule has 2 rings (SSSR count). The van der Waals surface area contributed by atoms with E-state index in [0.717, 1.165) is 21.5 Å². The van der Waals surface area contributed by atoms with Crippen molar-refractivity contribution in [2.45, 2.75) is 12.5 Å². The smallest absolute Gasteiger partial charge is 0.213 e. The molecule has 0 atom stereocenters. The van der Waals surface area contributed by atoms with Crippen molar-refractivity contribution in [2.75, 3.05) is 7.11 Å². The van der Waals surface area contributed by atoms with E-state index in [4.69, 9.17) is 21.1 Å². The number of hydrogen-bond acceptors (Lipinski definition) is 3. The van der Waals surface area contributed by atoms with E-state index in [1.165, 1.54) is 0 Å². The molecule has 0 saturated carbocycles. The third-order valence-corrected chi connectivity index (χ3v) is 3.46. The Bertz CT molecular complexity index is 563. The van der Waals surface area contributed by atoms with Crippen LogP contribution in [-0.4, -0.2) is 12.1 Å². The normalized spacial score (nSPS) is 10.3. The summed E-state index contributed by atoms with van der Waals surface area (Å²) in [5.74, 6) is 1.73. The minimum atomic E-state index is 0.365. The van der Waals surface area contributed by atoms with E-state index in [9.17, 15) is 0 Å². The fourth-order valence-corrected chi connectivity index (χ4v) is 2.35. The van der Waals surface area contributed by atoms with Crippen molar-refractivity contribution in [1.82, 2.24) is 4.98 Å². The van der Waals surface area contributed by atoms with Crippen LogP contribution >= 0.6 is 27.5 Å². The molecule has 0 fully saturated rings. The number of para-hydroxylation sites is 1. The van der Waals surface area contributed by atoms with Gasteiger partial charge in [-0.15, -0.1) is 11.6 Å². The van der Waals surface area contributed by atoms with Crippen LogP contribution in [0.2, 0.25) is 0 Å². The van der Waals surface area contributed by atoms with Crippen LogP contribution < -0.4 is 9.47 Å². The highest BCUT2D eigenvalue weighted by Gasteiger charge is 2.08. The predicted molar refractivity (Wildman–Crippen MR) is 78.8 cm³/mol. The summed E-state index contributed by atoms with van der Waals surface area (Å²) >= 11 is 9.36. The number of halogens is 2. The second-order valence-electron chi connectivity index (χ2n) is 3.82. The number of ether oxygens (including phenoxy) is 2. The van der Waals surface area contributed by atoms with Crippen molar-refractivity contribution >= 4 is 27.5 Å². The second-order valence-corrected chi connectivity index (χ2v) is 4.94. The molecular weight excluding hydrogens is 330 g/mol. The molecule has 3 nitrogen and oxygen atoms in total. The van der Waals surface area contributed by atoms with Gasteiger partial charge >= 0.3 is 0 Å². The van der Waals surface area contributed by atoms with Crippen molar-refractivity contribution in [1.29, 1.82) is 0 Å². The van der Waals surface area contributed by atoms with Gasteiger partial charge in [0.1, 0.15) is 12.4 Å². The molecule has 1 aromatic heterocycles. The number of pyridine rings is 1. The van der Waals surface area contributed by atoms with E-state index in [-0.39, 0.29) is 0 Å². The van der Waals surface area contributed by atoms with E-state index in [1.807, 2.05) is 30.3 Å². The molecule has 2 aromatic rings. The first kappa shape index (κ1) is 14.2. The maximum absolute atomic E-state index is 5.90. The van der Waals surface area contributed by atoms with E-state index in [0.29, 0.717) is 18.4 Å². The quantitative estimate of drug-likeness (QED) is 0.764. The van der Waals surface area contributed by atoms with Crippen LogP contribution in [-0.2, 0) is 12.5 Å². The van der Waals surface area contributed by atoms with Crippen molar-refractivity contribution in [2.24, 2.45) is 0 Å². The van der Waals surface area contributed by atoms with Crippen molar-refractivity contribution in [3.63, 3.8) is 0 Å². The third-order valence-electron chi connectivity index (χ3n) is 2.55. The highest BCUT2D eigenvalue weighted by atomic mass is 79.9. The van der Waals surface area contributed by atoms with Crippen LogP contribution in [0.1, 0.15) is 11.3 Å². The molecule has 0 N–H and O–H groups in total. The number of methoxy groups -OCH3 is 1. The van der Waals surface area contributed by atoms with Crippen LogP contribution in [0.25, 0.3) is 0 Å². The van der Waals surface area contributed by atoms with Gasteiger partial charge in [-0.1, -0.05) is 18.2 Å². The molecule has 5 heteroatoms. The lowest BCUT2D eigenvalue weighted by Gasteiger charge is -2.11. The van der Waals surface area contributed by atoms with E-state index in [1.54, 1.807) is 13.2 Å². The molecule has 19 heavy (non-hydrogen) atoms. The molecule has 0 radical (unpaired) electrons. The lowest BCUT2D eigenvalue weighted by Crippen LogP contribution is -2.01. The molecule has 0 unspecified atom stereocenters. The van der Waals surface area contributed by atoms with E-state index in [2.05, 4.69) is 20.9 Å². The topological polar surface area (TPSA) is 31.4 Å². The summed E-state index contributed by atoms with van der Waals surface area (Å²) in [5.41, 5.74) is 1.74. The average Bonchev–Trinajstić information content (AvgIpc) is 2.46. The summed E-state index contributed by atoms with van der Waals surface area (Å²) in [6.45, 7) is 0.365. The highest BCUT2D eigenvalue weighted by Crippen LogP contribution is 2.30. The van der Waals surface area contributed by atoms with Crippen molar-refractivity contribution in [3.05, 3.63) is 52.1 Å². The van der Waals surface area contributed by atoms with Crippen LogP contribution in [0.3, 0.4) is 0 Å². The minimum absolute atomic E-state index is 0.365. The standard InChI is InChI=1S/C14H13BrClNO2/c1-18-13-7-3-5-11(17-13)9-19-14-10(8-16)4-2-6-12(14)15/h2-7H,8-9H2,1H3. The minimum Gasteiger partial charge on any atom is -0.486 e. The third kappa shape index (κ3) is 3.61. The Kier molecular flexibility index (Phi) is 5.05. The summed E-state index contributed by atoms with van der Waals surface area (Å²) in [7, 11) is 1.59. The molecule has 1 heterocycles. The van der Waals surface area contributed by atoms with Gasteiger partial charge in [0, 0.05) is 11.6 Å². The summed E-state index contributed by atoms with van der Waals surface area (Å²) in [5, 5.41) is 0. The number of alkyl halides is 1. The molecule has 0 amide bonds. The van der Waals surface area contributed by atoms with Crippen LogP contribution in [0, 0.1) is 0 Å². The summed E-state index contributed by atoms with van der Waals surface area (Å²) < 4.78 is 11.8. The molecular formula is C14H13BrClNO2. The maximum Gasteiger partial charge on any atom is 0.213 e. The zero-order chi connectivity index (χ0) is 13.7. The van der Waals surface area contributed by atoms with Crippen molar-refractivity contribution < 1.29 is 9.47 Å². The van der Waals surface area contributed by atoms with Crippen LogP contribution in [0.5, 0.6) is 11.6 Å². The maximum atomic E-state index is 5.90. The highest BCUT2D eigenvalue weighted by molar-refractivity contribution is 9.10. The number of benzene rings is 1. The summed E-state index contributed by atoms with van der Waals surface area (Å²) in [6.07, 6.45) is 0. The van der Waals surface area contributed by atoms with Crippen LogP contribution in [0.15, 0.2) is 40.9 Å². The number of hydrogen-bond donors (Lipinski definition) is 0. The van der Waals surface area contributed by atoms with Crippen molar-refractivity contribution in [3.8, 4) is 11.6 Å². The van der Waals surface area contributed by atoms with Gasteiger partial charge in [-0.25, -0.2) is 4.98 Å².